The number of hydrogen-bond donors (Lipinski definition) is 1. The Morgan fingerprint density at radius 2 is 2.05 bits per heavy atom. The number of nitrogens with two attached hydrogens (primary N) is 1. The van der Waals surface area contributed by atoms with Crippen LogP contribution in [0.25, 0.3) is 0 Å². The molecule has 1 fully saturated rings. The summed E-state index contributed by atoms with van der Waals surface area (Å²) in [4.78, 5) is 6.45. The van der Waals surface area contributed by atoms with E-state index in [9.17, 15) is 0 Å². The molecule has 0 aliphatic heterocycles. The lowest BCUT2D eigenvalue weighted by Gasteiger charge is -2.20. The minimum atomic E-state index is -0.165. The lowest BCUT2D eigenvalue weighted by molar-refractivity contribution is 0.311. The van der Waals surface area contributed by atoms with Crippen LogP contribution in [0.2, 0.25) is 0 Å². The summed E-state index contributed by atoms with van der Waals surface area (Å²) in [5.41, 5.74) is 6.02. The highest BCUT2D eigenvalue weighted by atomic mass is 16.5. The predicted molar refractivity (Wildman–Crippen MR) is 74.7 cm³/mol. The van der Waals surface area contributed by atoms with Gasteiger partial charge < -0.3 is 15.2 Å². The number of aryl methyl sites for hydroxylation is 1. The van der Waals surface area contributed by atoms with Crippen LogP contribution < -0.4 is 5.73 Å². The van der Waals surface area contributed by atoms with Crippen LogP contribution in [0.1, 0.15) is 56.3 Å². The first kappa shape index (κ1) is 14.5. The van der Waals surface area contributed by atoms with Crippen LogP contribution in [-0.4, -0.2) is 35.7 Å². The quantitative estimate of drug-likeness (QED) is 0.854. The third kappa shape index (κ3) is 4.58. The predicted octanol–water partition coefficient (Wildman–Crippen LogP) is 2.14. The first-order chi connectivity index (χ1) is 9.15. The van der Waals surface area contributed by atoms with Gasteiger partial charge in [-0.25, -0.2) is 0 Å². The molecule has 0 saturated heterocycles. The number of likely N-dealkylation sites (N-methyl/N-ethyl adjacent to an activating group) is 1. The van der Waals surface area contributed by atoms with E-state index in [4.69, 9.17) is 10.3 Å². The molecule has 5 nitrogen and oxygen atoms in total. The van der Waals surface area contributed by atoms with E-state index in [1.165, 1.54) is 38.5 Å². The van der Waals surface area contributed by atoms with Gasteiger partial charge in [-0.15, -0.1) is 0 Å². The van der Waals surface area contributed by atoms with E-state index in [0.29, 0.717) is 5.82 Å². The molecule has 1 aromatic rings. The molecule has 1 unspecified atom stereocenters. The number of rotatable bonds is 6. The van der Waals surface area contributed by atoms with Gasteiger partial charge >= 0.3 is 0 Å². The maximum atomic E-state index is 6.02. The summed E-state index contributed by atoms with van der Waals surface area (Å²) in [5, 5.41) is 4.00. The van der Waals surface area contributed by atoms with E-state index in [0.717, 1.165) is 24.8 Å². The lowest BCUT2D eigenvalue weighted by Crippen LogP contribution is -2.26. The van der Waals surface area contributed by atoms with Crippen LogP contribution in [0.3, 0.4) is 0 Å². The van der Waals surface area contributed by atoms with Crippen molar-refractivity contribution < 1.29 is 4.52 Å². The lowest BCUT2D eigenvalue weighted by atomic mass is 9.86. The molecule has 2 N–H and O–H groups in total. The minimum absolute atomic E-state index is 0.165. The fourth-order valence-corrected chi connectivity index (χ4v) is 2.80. The smallest absolute Gasteiger partial charge is 0.226 e. The summed E-state index contributed by atoms with van der Waals surface area (Å²) in [6.45, 7) is 0.738. The molecule has 1 aliphatic carbocycles. The Balaban J connectivity index is 1.79. The second-order valence-corrected chi connectivity index (χ2v) is 5.96. The number of hydrogen-bond acceptors (Lipinski definition) is 5. The molecular formula is C14H26N4O. The van der Waals surface area contributed by atoms with Gasteiger partial charge in [0, 0.05) is 13.0 Å². The topological polar surface area (TPSA) is 68.2 Å². The summed E-state index contributed by atoms with van der Waals surface area (Å²) in [7, 11) is 3.98. The zero-order chi connectivity index (χ0) is 13.7. The molecule has 0 aromatic carbocycles. The average Bonchev–Trinajstić information content (AvgIpc) is 2.86. The Bertz CT molecular complexity index is 371. The molecule has 1 saturated carbocycles. The molecule has 1 heterocycles. The molecular weight excluding hydrogens is 240 g/mol. The third-order valence-electron chi connectivity index (χ3n) is 3.87. The Kier molecular flexibility index (Phi) is 5.34. The van der Waals surface area contributed by atoms with Gasteiger partial charge in [0.2, 0.25) is 5.89 Å². The van der Waals surface area contributed by atoms with Crippen molar-refractivity contribution in [2.45, 2.75) is 51.0 Å². The largest absolute Gasteiger partial charge is 0.339 e. The van der Waals surface area contributed by atoms with Crippen LogP contribution in [0.15, 0.2) is 4.52 Å². The second-order valence-electron chi connectivity index (χ2n) is 5.96. The number of nitrogens with zero attached hydrogens (tertiary/aromatic N) is 3. The van der Waals surface area contributed by atoms with Gasteiger partial charge in [-0.1, -0.05) is 37.3 Å². The van der Waals surface area contributed by atoms with E-state index >= 15 is 0 Å². The van der Waals surface area contributed by atoms with E-state index in [-0.39, 0.29) is 6.04 Å². The summed E-state index contributed by atoms with van der Waals surface area (Å²) in [6.07, 6.45) is 8.96. The monoisotopic (exact) mass is 266 g/mol. The molecule has 1 aliphatic rings. The van der Waals surface area contributed by atoms with Gasteiger partial charge in [0.25, 0.3) is 0 Å². The van der Waals surface area contributed by atoms with E-state index in [2.05, 4.69) is 10.1 Å². The van der Waals surface area contributed by atoms with Crippen LogP contribution in [0.4, 0.5) is 0 Å². The standard InChI is InChI=1S/C14H26N4O/c1-18(2)10-12(15)14-16-13(19-17-14)9-8-11-6-4-3-5-7-11/h11-12H,3-10,15H2,1-2H3. The van der Waals surface area contributed by atoms with E-state index in [1.807, 2.05) is 19.0 Å². The number of aromatic nitrogens is 2. The van der Waals surface area contributed by atoms with Crippen molar-refractivity contribution in [1.82, 2.24) is 15.0 Å². The SMILES string of the molecule is CN(C)CC(N)c1noc(CCC2CCCCC2)n1. The van der Waals surface area contributed by atoms with Gasteiger partial charge in [0.1, 0.15) is 0 Å². The summed E-state index contributed by atoms with van der Waals surface area (Å²) >= 11 is 0. The maximum absolute atomic E-state index is 6.02. The minimum Gasteiger partial charge on any atom is -0.339 e. The van der Waals surface area contributed by atoms with Crippen LogP contribution in [0, 0.1) is 5.92 Å². The van der Waals surface area contributed by atoms with Gasteiger partial charge in [-0.3, -0.25) is 0 Å². The molecule has 0 amide bonds. The highest BCUT2D eigenvalue weighted by molar-refractivity contribution is 4.94. The van der Waals surface area contributed by atoms with Gasteiger partial charge in [0.15, 0.2) is 5.82 Å². The van der Waals surface area contributed by atoms with Crippen molar-refractivity contribution in [3.05, 3.63) is 11.7 Å². The Morgan fingerprint density at radius 1 is 1.32 bits per heavy atom. The van der Waals surface area contributed by atoms with Gasteiger partial charge in [0.05, 0.1) is 6.04 Å². The second kappa shape index (κ2) is 7.01. The van der Waals surface area contributed by atoms with Crippen LogP contribution in [0.5, 0.6) is 0 Å². The average molecular weight is 266 g/mol. The molecule has 0 bridgehead atoms. The molecule has 2 rings (SSSR count). The zero-order valence-electron chi connectivity index (χ0n) is 12.1. The maximum Gasteiger partial charge on any atom is 0.226 e. The normalized spacial score (nSPS) is 18.9. The van der Waals surface area contributed by atoms with E-state index < -0.39 is 0 Å². The van der Waals surface area contributed by atoms with Crippen molar-refractivity contribution in [3.63, 3.8) is 0 Å². The first-order valence-corrected chi connectivity index (χ1v) is 7.38. The molecule has 0 radical (unpaired) electrons. The molecule has 0 spiro atoms. The van der Waals surface area contributed by atoms with Crippen molar-refractivity contribution in [3.8, 4) is 0 Å². The van der Waals surface area contributed by atoms with Crippen LogP contribution >= 0.6 is 0 Å². The van der Waals surface area contributed by atoms with Crippen molar-refractivity contribution >= 4 is 0 Å². The van der Waals surface area contributed by atoms with Gasteiger partial charge in [-0.05, 0) is 26.4 Å². The van der Waals surface area contributed by atoms with Crippen molar-refractivity contribution in [2.24, 2.45) is 11.7 Å². The van der Waals surface area contributed by atoms with Crippen molar-refractivity contribution in [2.75, 3.05) is 20.6 Å². The summed E-state index contributed by atoms with van der Waals surface area (Å²) in [5.74, 6) is 2.22. The Hall–Kier alpha value is -0.940. The fourth-order valence-electron chi connectivity index (χ4n) is 2.80. The van der Waals surface area contributed by atoms with Gasteiger partial charge in [-0.2, -0.15) is 4.98 Å². The highest BCUT2D eigenvalue weighted by Crippen LogP contribution is 2.27. The summed E-state index contributed by atoms with van der Waals surface area (Å²) in [6, 6.07) is -0.165. The highest BCUT2D eigenvalue weighted by Gasteiger charge is 2.17. The Morgan fingerprint density at radius 3 is 2.74 bits per heavy atom. The third-order valence-corrected chi connectivity index (χ3v) is 3.87. The summed E-state index contributed by atoms with van der Waals surface area (Å²) < 4.78 is 5.30. The molecule has 1 aromatic heterocycles. The molecule has 108 valence electrons. The first-order valence-electron chi connectivity index (χ1n) is 7.38. The molecule has 5 heteroatoms. The zero-order valence-corrected chi connectivity index (χ0v) is 12.1. The van der Waals surface area contributed by atoms with E-state index in [1.54, 1.807) is 0 Å². The molecule has 19 heavy (non-hydrogen) atoms. The van der Waals surface area contributed by atoms with Crippen molar-refractivity contribution in [1.29, 1.82) is 0 Å². The van der Waals surface area contributed by atoms with Crippen LogP contribution in [-0.2, 0) is 6.42 Å². The fraction of sp³-hybridized carbons (Fsp3) is 0.857. The molecule has 1 atom stereocenters. The Labute approximate surface area is 115 Å².